The number of hydrogen-bond donors (Lipinski definition) is 0. The molecule has 2 aromatic carbocycles. The van der Waals surface area contributed by atoms with Crippen LogP contribution in [0.5, 0.6) is 5.75 Å². The van der Waals surface area contributed by atoms with Gasteiger partial charge in [-0.15, -0.1) is 0 Å². The SMILES string of the molecule is Clc1cc(Br)cc(OCc2ccccc2)c1. The smallest absolute Gasteiger partial charge is 0.122 e. The van der Waals surface area contributed by atoms with Crippen molar-refractivity contribution in [2.45, 2.75) is 6.61 Å². The lowest BCUT2D eigenvalue weighted by Crippen LogP contribution is -1.94. The fraction of sp³-hybridized carbons (Fsp3) is 0.0769. The Bertz CT molecular complexity index is 450. The Morgan fingerprint density at radius 1 is 1.06 bits per heavy atom. The molecule has 3 heteroatoms. The maximum absolute atomic E-state index is 5.92. The van der Waals surface area contributed by atoms with Crippen LogP contribution in [0.25, 0.3) is 0 Å². The minimum Gasteiger partial charge on any atom is -0.489 e. The zero-order chi connectivity index (χ0) is 11.4. The Kier molecular flexibility index (Phi) is 3.86. The number of ether oxygens (including phenoxy) is 1. The lowest BCUT2D eigenvalue weighted by molar-refractivity contribution is 0.306. The second-order valence-electron chi connectivity index (χ2n) is 3.38. The molecule has 0 aliphatic carbocycles. The number of benzene rings is 2. The predicted octanol–water partition coefficient (Wildman–Crippen LogP) is 4.68. The first-order valence-electron chi connectivity index (χ1n) is 4.87. The molecule has 0 spiro atoms. The van der Waals surface area contributed by atoms with Gasteiger partial charge >= 0.3 is 0 Å². The van der Waals surface area contributed by atoms with Crippen LogP contribution in [0.4, 0.5) is 0 Å². The van der Waals surface area contributed by atoms with Crippen molar-refractivity contribution in [3.05, 3.63) is 63.6 Å². The van der Waals surface area contributed by atoms with E-state index in [1.54, 1.807) is 6.07 Å². The van der Waals surface area contributed by atoms with Crippen LogP contribution in [0.15, 0.2) is 53.0 Å². The van der Waals surface area contributed by atoms with E-state index in [4.69, 9.17) is 16.3 Å². The molecule has 0 aliphatic rings. The maximum Gasteiger partial charge on any atom is 0.122 e. The van der Waals surface area contributed by atoms with E-state index in [1.165, 1.54) is 0 Å². The van der Waals surface area contributed by atoms with E-state index in [0.717, 1.165) is 15.8 Å². The van der Waals surface area contributed by atoms with Crippen LogP contribution in [0.3, 0.4) is 0 Å². The van der Waals surface area contributed by atoms with Crippen molar-refractivity contribution in [1.29, 1.82) is 0 Å². The second-order valence-corrected chi connectivity index (χ2v) is 4.73. The van der Waals surface area contributed by atoms with Crippen molar-refractivity contribution in [2.75, 3.05) is 0 Å². The molecule has 2 aromatic rings. The minimum atomic E-state index is 0.549. The van der Waals surface area contributed by atoms with Gasteiger partial charge in [0, 0.05) is 9.50 Å². The highest BCUT2D eigenvalue weighted by Crippen LogP contribution is 2.25. The number of rotatable bonds is 3. The lowest BCUT2D eigenvalue weighted by Gasteiger charge is -2.07. The van der Waals surface area contributed by atoms with Crippen LogP contribution in [0.2, 0.25) is 5.02 Å². The summed E-state index contributed by atoms with van der Waals surface area (Å²) < 4.78 is 6.56. The van der Waals surface area contributed by atoms with Gasteiger partial charge in [0.2, 0.25) is 0 Å². The van der Waals surface area contributed by atoms with Gasteiger partial charge in [0.1, 0.15) is 12.4 Å². The third-order valence-electron chi connectivity index (χ3n) is 2.08. The van der Waals surface area contributed by atoms with Gasteiger partial charge in [0.05, 0.1) is 0 Å². The van der Waals surface area contributed by atoms with Crippen molar-refractivity contribution >= 4 is 27.5 Å². The average molecular weight is 298 g/mol. The number of hydrogen-bond acceptors (Lipinski definition) is 1. The van der Waals surface area contributed by atoms with E-state index in [2.05, 4.69) is 15.9 Å². The highest BCUT2D eigenvalue weighted by Gasteiger charge is 1.99. The summed E-state index contributed by atoms with van der Waals surface area (Å²) in [5, 5.41) is 0.664. The summed E-state index contributed by atoms with van der Waals surface area (Å²) in [5.41, 5.74) is 1.14. The fourth-order valence-electron chi connectivity index (χ4n) is 1.35. The van der Waals surface area contributed by atoms with Gasteiger partial charge in [-0.2, -0.15) is 0 Å². The molecule has 0 radical (unpaired) electrons. The molecule has 0 amide bonds. The Balaban J connectivity index is 2.05. The third-order valence-corrected chi connectivity index (χ3v) is 2.76. The van der Waals surface area contributed by atoms with E-state index in [0.29, 0.717) is 11.6 Å². The van der Waals surface area contributed by atoms with E-state index in [1.807, 2.05) is 42.5 Å². The molecule has 2 rings (SSSR count). The molecule has 0 aromatic heterocycles. The second kappa shape index (κ2) is 5.37. The summed E-state index contributed by atoms with van der Waals surface area (Å²) in [4.78, 5) is 0. The van der Waals surface area contributed by atoms with E-state index in [9.17, 15) is 0 Å². The molecule has 0 atom stereocenters. The van der Waals surface area contributed by atoms with Gasteiger partial charge in [-0.05, 0) is 23.8 Å². The van der Waals surface area contributed by atoms with Crippen LogP contribution >= 0.6 is 27.5 Å². The average Bonchev–Trinajstić information content (AvgIpc) is 2.27. The fourth-order valence-corrected chi connectivity index (χ4v) is 2.18. The minimum absolute atomic E-state index is 0.549. The van der Waals surface area contributed by atoms with Crippen molar-refractivity contribution in [1.82, 2.24) is 0 Å². The molecule has 1 nitrogen and oxygen atoms in total. The van der Waals surface area contributed by atoms with E-state index in [-0.39, 0.29) is 0 Å². The summed E-state index contributed by atoms with van der Waals surface area (Å²) in [7, 11) is 0. The quantitative estimate of drug-likeness (QED) is 0.799. The molecule has 0 fully saturated rings. The Morgan fingerprint density at radius 3 is 2.50 bits per heavy atom. The molecule has 0 N–H and O–H groups in total. The van der Waals surface area contributed by atoms with Crippen molar-refractivity contribution < 1.29 is 4.74 Å². The number of halogens is 2. The van der Waals surface area contributed by atoms with Gasteiger partial charge in [-0.1, -0.05) is 57.9 Å². The van der Waals surface area contributed by atoms with Crippen LogP contribution in [0.1, 0.15) is 5.56 Å². The van der Waals surface area contributed by atoms with E-state index < -0.39 is 0 Å². The molecule has 0 unspecified atom stereocenters. The van der Waals surface area contributed by atoms with Crippen LogP contribution < -0.4 is 4.74 Å². The molecular formula is C13H10BrClO. The molecule has 0 heterocycles. The summed E-state index contributed by atoms with van der Waals surface area (Å²) in [6.07, 6.45) is 0. The first kappa shape index (κ1) is 11.5. The van der Waals surface area contributed by atoms with Gasteiger partial charge in [0.15, 0.2) is 0 Å². The standard InChI is InChI=1S/C13H10BrClO/c14-11-6-12(15)8-13(7-11)16-9-10-4-2-1-3-5-10/h1-8H,9H2. The third kappa shape index (κ3) is 3.26. The molecule has 16 heavy (non-hydrogen) atoms. The highest BCUT2D eigenvalue weighted by atomic mass is 79.9. The summed E-state index contributed by atoms with van der Waals surface area (Å²) in [5.74, 6) is 0.767. The van der Waals surface area contributed by atoms with Gasteiger partial charge in [0.25, 0.3) is 0 Å². The van der Waals surface area contributed by atoms with Crippen LogP contribution in [-0.4, -0.2) is 0 Å². The maximum atomic E-state index is 5.92. The Labute approximate surface area is 108 Å². The van der Waals surface area contributed by atoms with Gasteiger partial charge < -0.3 is 4.74 Å². The highest BCUT2D eigenvalue weighted by molar-refractivity contribution is 9.10. The zero-order valence-corrected chi connectivity index (χ0v) is 10.8. The van der Waals surface area contributed by atoms with Crippen LogP contribution in [0, 0.1) is 0 Å². The molecule has 0 aliphatic heterocycles. The Hall–Kier alpha value is -0.990. The topological polar surface area (TPSA) is 9.23 Å². The molecule has 0 saturated carbocycles. The lowest BCUT2D eigenvalue weighted by atomic mass is 10.2. The molecule has 82 valence electrons. The predicted molar refractivity (Wildman–Crippen MR) is 69.9 cm³/mol. The summed E-state index contributed by atoms with van der Waals surface area (Å²) in [6, 6.07) is 15.6. The normalized spacial score (nSPS) is 10.1. The van der Waals surface area contributed by atoms with Crippen molar-refractivity contribution in [3.8, 4) is 5.75 Å². The monoisotopic (exact) mass is 296 g/mol. The summed E-state index contributed by atoms with van der Waals surface area (Å²) in [6.45, 7) is 0.549. The molecule has 0 saturated heterocycles. The molecular weight excluding hydrogens is 287 g/mol. The van der Waals surface area contributed by atoms with Gasteiger partial charge in [-0.3, -0.25) is 0 Å². The van der Waals surface area contributed by atoms with Crippen molar-refractivity contribution in [2.24, 2.45) is 0 Å². The Morgan fingerprint density at radius 2 is 1.81 bits per heavy atom. The van der Waals surface area contributed by atoms with Crippen molar-refractivity contribution in [3.63, 3.8) is 0 Å². The first-order valence-corrected chi connectivity index (χ1v) is 6.04. The van der Waals surface area contributed by atoms with E-state index >= 15 is 0 Å². The zero-order valence-electron chi connectivity index (χ0n) is 8.49. The van der Waals surface area contributed by atoms with Gasteiger partial charge in [-0.25, -0.2) is 0 Å². The largest absolute Gasteiger partial charge is 0.489 e. The van der Waals surface area contributed by atoms with Crippen LogP contribution in [-0.2, 0) is 6.61 Å². The first-order chi connectivity index (χ1) is 7.74. The molecule has 0 bridgehead atoms. The summed E-state index contributed by atoms with van der Waals surface area (Å²) >= 11 is 9.30.